The Balaban J connectivity index is 1.68. The van der Waals surface area contributed by atoms with E-state index in [9.17, 15) is 0 Å². The van der Waals surface area contributed by atoms with Crippen LogP contribution in [-0.4, -0.2) is 12.1 Å². The minimum Gasteiger partial charge on any atom is -0.304 e. The molecule has 2 nitrogen and oxygen atoms in total. The molecule has 0 unspecified atom stereocenters. The highest BCUT2D eigenvalue weighted by molar-refractivity contribution is 5.29. The maximum atomic E-state index is 3.96. The first-order valence-corrected chi connectivity index (χ1v) is 8.54. The first-order chi connectivity index (χ1) is 10.9. The van der Waals surface area contributed by atoms with E-state index in [-0.39, 0.29) is 0 Å². The fraction of sp³-hybridized carbons (Fsp3) is 0.400. The lowest BCUT2D eigenvalue weighted by molar-refractivity contribution is 0.168. The number of nitrogens with one attached hydrogen (secondary N) is 2. The highest BCUT2D eigenvalue weighted by atomic mass is 15.2. The van der Waals surface area contributed by atoms with Gasteiger partial charge in [-0.15, -0.1) is 0 Å². The van der Waals surface area contributed by atoms with Gasteiger partial charge < -0.3 is 10.6 Å². The fourth-order valence-corrected chi connectivity index (χ4v) is 4.08. The van der Waals surface area contributed by atoms with Crippen LogP contribution in [0.15, 0.2) is 60.7 Å². The van der Waals surface area contributed by atoms with Crippen LogP contribution in [0.4, 0.5) is 0 Å². The quantitative estimate of drug-likeness (QED) is 0.875. The number of hydrogen-bond donors (Lipinski definition) is 2. The van der Waals surface area contributed by atoms with Gasteiger partial charge in [-0.2, -0.15) is 0 Å². The molecule has 2 aromatic carbocycles. The molecule has 4 rings (SSSR count). The van der Waals surface area contributed by atoms with Gasteiger partial charge in [0.05, 0.1) is 12.1 Å². The molecule has 0 spiro atoms. The van der Waals surface area contributed by atoms with Gasteiger partial charge >= 0.3 is 0 Å². The second-order valence-electron chi connectivity index (χ2n) is 6.61. The van der Waals surface area contributed by atoms with Crippen molar-refractivity contribution in [3.63, 3.8) is 0 Å². The van der Waals surface area contributed by atoms with Gasteiger partial charge in [0.15, 0.2) is 0 Å². The molecular weight excluding hydrogens is 268 g/mol. The molecule has 1 heterocycles. The number of hydrogen-bond acceptors (Lipinski definition) is 2. The summed E-state index contributed by atoms with van der Waals surface area (Å²) in [5.41, 5.74) is 2.76. The predicted octanol–water partition coefficient (Wildman–Crippen LogP) is 3.97. The molecule has 1 aliphatic carbocycles. The largest absolute Gasteiger partial charge is 0.304 e. The van der Waals surface area contributed by atoms with Crippen LogP contribution < -0.4 is 10.6 Å². The Kier molecular flexibility index (Phi) is 3.96. The van der Waals surface area contributed by atoms with Crippen molar-refractivity contribution in [2.75, 3.05) is 0 Å². The van der Waals surface area contributed by atoms with Crippen LogP contribution in [0.3, 0.4) is 0 Å². The second kappa shape index (κ2) is 6.23. The van der Waals surface area contributed by atoms with Crippen molar-refractivity contribution in [3.05, 3.63) is 71.8 Å². The zero-order valence-corrected chi connectivity index (χ0v) is 12.9. The van der Waals surface area contributed by atoms with Crippen LogP contribution in [0, 0.1) is 0 Å². The van der Waals surface area contributed by atoms with Gasteiger partial charge in [-0.3, -0.25) is 0 Å². The van der Waals surface area contributed by atoms with E-state index < -0.39 is 0 Å². The van der Waals surface area contributed by atoms with Crippen LogP contribution in [0.1, 0.15) is 48.9 Å². The lowest BCUT2D eigenvalue weighted by atomic mass is 9.82. The molecule has 2 N–H and O–H groups in total. The van der Waals surface area contributed by atoms with Crippen molar-refractivity contribution >= 4 is 0 Å². The third-order valence-electron chi connectivity index (χ3n) is 5.20. The highest BCUT2D eigenvalue weighted by Crippen LogP contribution is 2.36. The normalized spacial score (nSPS) is 31.5. The van der Waals surface area contributed by atoms with Gasteiger partial charge in [-0.05, 0) is 24.0 Å². The van der Waals surface area contributed by atoms with E-state index in [1.54, 1.807) is 0 Å². The van der Waals surface area contributed by atoms with Crippen molar-refractivity contribution in [1.29, 1.82) is 0 Å². The Bertz CT molecular complexity index is 540. The van der Waals surface area contributed by atoms with Crippen LogP contribution in [0.5, 0.6) is 0 Å². The molecule has 2 heteroatoms. The van der Waals surface area contributed by atoms with E-state index in [4.69, 9.17) is 0 Å². The maximum Gasteiger partial charge on any atom is 0.0521 e. The van der Waals surface area contributed by atoms with Gasteiger partial charge in [0.1, 0.15) is 0 Å². The molecule has 0 amide bonds. The molecule has 22 heavy (non-hydrogen) atoms. The van der Waals surface area contributed by atoms with E-state index >= 15 is 0 Å². The third kappa shape index (κ3) is 2.69. The smallest absolute Gasteiger partial charge is 0.0521 e. The van der Waals surface area contributed by atoms with Crippen LogP contribution in [0.25, 0.3) is 0 Å². The van der Waals surface area contributed by atoms with Gasteiger partial charge in [0.2, 0.25) is 0 Å². The summed E-state index contributed by atoms with van der Waals surface area (Å²) >= 11 is 0. The average Bonchev–Trinajstić information content (AvgIpc) is 2.62. The summed E-state index contributed by atoms with van der Waals surface area (Å²) < 4.78 is 0. The Hall–Kier alpha value is -1.64. The van der Waals surface area contributed by atoms with Crippen molar-refractivity contribution in [2.24, 2.45) is 0 Å². The molecular formula is C20H24N2. The Morgan fingerprint density at radius 2 is 1.00 bits per heavy atom. The van der Waals surface area contributed by atoms with E-state index in [1.165, 1.54) is 36.8 Å². The summed E-state index contributed by atoms with van der Waals surface area (Å²) in [6, 6.07) is 23.7. The molecule has 114 valence electrons. The molecule has 1 saturated heterocycles. The summed E-state index contributed by atoms with van der Waals surface area (Å²) in [7, 11) is 0. The van der Waals surface area contributed by atoms with Crippen molar-refractivity contribution in [3.8, 4) is 0 Å². The third-order valence-corrected chi connectivity index (χ3v) is 5.20. The molecule has 1 saturated carbocycles. The van der Waals surface area contributed by atoms with E-state index in [2.05, 4.69) is 71.3 Å². The first kappa shape index (κ1) is 14.0. The molecule has 0 aromatic heterocycles. The number of piperazine rings is 1. The molecule has 2 fully saturated rings. The van der Waals surface area contributed by atoms with Crippen LogP contribution in [-0.2, 0) is 0 Å². The summed E-state index contributed by atoms with van der Waals surface area (Å²) in [4.78, 5) is 0. The molecule has 1 aliphatic heterocycles. The lowest BCUT2D eigenvalue weighted by Gasteiger charge is -2.46. The SMILES string of the molecule is c1ccc([C@H]2N[C@@H]3CCCC[C@H]3N[C@@H]2c2ccccc2)cc1. The standard InChI is InChI=1S/C20H24N2/c1-3-9-15(10-4-1)19-20(16-11-5-2-6-12-16)22-18-14-8-7-13-17(18)21-19/h1-6,9-12,17-22H,7-8,13-14H2/t17-,18-,19-,20-/m1/s1. The van der Waals surface area contributed by atoms with Gasteiger partial charge in [-0.25, -0.2) is 0 Å². The minimum atomic E-state index is 0.350. The summed E-state index contributed by atoms with van der Waals surface area (Å²) in [5, 5.41) is 7.92. The Labute approximate surface area is 132 Å². The zero-order chi connectivity index (χ0) is 14.8. The fourth-order valence-electron chi connectivity index (χ4n) is 4.08. The topological polar surface area (TPSA) is 24.1 Å². The molecule has 0 radical (unpaired) electrons. The minimum absolute atomic E-state index is 0.350. The zero-order valence-electron chi connectivity index (χ0n) is 12.9. The number of rotatable bonds is 2. The van der Waals surface area contributed by atoms with E-state index in [0.29, 0.717) is 24.2 Å². The monoisotopic (exact) mass is 292 g/mol. The molecule has 4 atom stereocenters. The summed E-state index contributed by atoms with van der Waals surface area (Å²) in [5.74, 6) is 0. The molecule has 0 bridgehead atoms. The summed E-state index contributed by atoms with van der Waals surface area (Å²) in [6.45, 7) is 0. The average molecular weight is 292 g/mol. The highest BCUT2D eigenvalue weighted by Gasteiger charge is 2.38. The van der Waals surface area contributed by atoms with Crippen molar-refractivity contribution in [2.45, 2.75) is 49.9 Å². The predicted molar refractivity (Wildman–Crippen MR) is 90.7 cm³/mol. The van der Waals surface area contributed by atoms with Crippen LogP contribution >= 0.6 is 0 Å². The Morgan fingerprint density at radius 1 is 0.591 bits per heavy atom. The van der Waals surface area contributed by atoms with Gasteiger partial charge in [0, 0.05) is 12.1 Å². The maximum absolute atomic E-state index is 3.96. The molecule has 2 aromatic rings. The number of fused-ring (bicyclic) bond motifs is 1. The van der Waals surface area contributed by atoms with Crippen molar-refractivity contribution < 1.29 is 0 Å². The summed E-state index contributed by atoms with van der Waals surface area (Å²) in [6.07, 6.45) is 5.30. The van der Waals surface area contributed by atoms with E-state index in [0.717, 1.165) is 0 Å². The molecule has 2 aliphatic rings. The van der Waals surface area contributed by atoms with Gasteiger partial charge in [-0.1, -0.05) is 73.5 Å². The second-order valence-corrected chi connectivity index (χ2v) is 6.61. The first-order valence-electron chi connectivity index (χ1n) is 8.54. The number of benzene rings is 2. The van der Waals surface area contributed by atoms with Crippen LogP contribution in [0.2, 0.25) is 0 Å². The van der Waals surface area contributed by atoms with Crippen molar-refractivity contribution in [1.82, 2.24) is 10.6 Å². The van der Waals surface area contributed by atoms with E-state index in [1.807, 2.05) is 0 Å². The van der Waals surface area contributed by atoms with Gasteiger partial charge in [0.25, 0.3) is 0 Å². The Morgan fingerprint density at radius 3 is 1.41 bits per heavy atom. The lowest BCUT2D eigenvalue weighted by Crippen LogP contribution is -2.59.